The Hall–Kier alpha value is -2.80. The summed E-state index contributed by atoms with van der Waals surface area (Å²) in [6.07, 6.45) is 4.08. The summed E-state index contributed by atoms with van der Waals surface area (Å²) >= 11 is 1.30. The number of hydrogen-bond donors (Lipinski definition) is 0. The van der Waals surface area contributed by atoms with Crippen LogP contribution in [-0.2, 0) is 0 Å². The van der Waals surface area contributed by atoms with Gasteiger partial charge in [0.2, 0.25) is 0 Å². The van der Waals surface area contributed by atoms with E-state index in [1.54, 1.807) is 23.4 Å². The summed E-state index contributed by atoms with van der Waals surface area (Å²) in [6, 6.07) is 10.2. The molecule has 0 atom stereocenters. The summed E-state index contributed by atoms with van der Waals surface area (Å²) in [5.74, 6) is -0.512. The highest BCUT2D eigenvalue weighted by Gasteiger charge is 2.26. The highest BCUT2D eigenvalue weighted by Crippen LogP contribution is 2.34. The normalized spacial score (nSPS) is 14.1. The van der Waals surface area contributed by atoms with E-state index >= 15 is 0 Å². The molecule has 0 spiro atoms. The van der Waals surface area contributed by atoms with Crippen molar-refractivity contribution in [1.82, 2.24) is 9.97 Å². The standard InChI is InChI=1S/C19H17FN4OS/c1-23-9-4-10-24(16-11-13(20)6-7-15(16)23)19(25)17-12-22-18(26-17)14-5-2-3-8-21-14/h2-3,5-8,11-12H,4,9-10H2,1H3. The predicted molar refractivity (Wildman–Crippen MR) is 101 cm³/mol. The number of benzene rings is 1. The van der Waals surface area contributed by atoms with Crippen molar-refractivity contribution < 1.29 is 9.18 Å². The Kier molecular flexibility index (Phi) is 4.38. The molecule has 0 saturated heterocycles. The highest BCUT2D eigenvalue weighted by molar-refractivity contribution is 7.17. The summed E-state index contributed by atoms with van der Waals surface area (Å²) in [5.41, 5.74) is 2.19. The number of hydrogen-bond acceptors (Lipinski definition) is 5. The van der Waals surface area contributed by atoms with Crippen LogP contribution >= 0.6 is 11.3 Å². The number of rotatable bonds is 2. The topological polar surface area (TPSA) is 49.3 Å². The second kappa shape index (κ2) is 6.84. The minimum Gasteiger partial charge on any atom is -0.373 e. The number of halogens is 1. The Morgan fingerprint density at radius 1 is 1.15 bits per heavy atom. The van der Waals surface area contributed by atoms with Crippen LogP contribution in [0.25, 0.3) is 10.7 Å². The van der Waals surface area contributed by atoms with E-state index in [1.165, 1.54) is 23.5 Å². The monoisotopic (exact) mass is 368 g/mol. The van der Waals surface area contributed by atoms with Gasteiger partial charge in [-0.25, -0.2) is 9.37 Å². The van der Waals surface area contributed by atoms with Gasteiger partial charge >= 0.3 is 0 Å². The van der Waals surface area contributed by atoms with E-state index in [1.807, 2.05) is 30.1 Å². The van der Waals surface area contributed by atoms with E-state index in [0.29, 0.717) is 22.1 Å². The van der Waals surface area contributed by atoms with Gasteiger partial charge in [-0.05, 0) is 36.8 Å². The van der Waals surface area contributed by atoms with E-state index < -0.39 is 0 Å². The number of thiazole rings is 1. The minimum atomic E-state index is -0.352. The highest BCUT2D eigenvalue weighted by atomic mass is 32.1. The summed E-state index contributed by atoms with van der Waals surface area (Å²) in [5, 5.41) is 0.695. The Morgan fingerprint density at radius 3 is 2.85 bits per heavy atom. The maximum atomic E-state index is 13.8. The molecule has 0 N–H and O–H groups in total. The maximum Gasteiger partial charge on any atom is 0.270 e. The van der Waals surface area contributed by atoms with E-state index in [2.05, 4.69) is 9.97 Å². The lowest BCUT2D eigenvalue weighted by atomic mass is 10.2. The maximum absolute atomic E-state index is 13.8. The average molecular weight is 368 g/mol. The zero-order valence-corrected chi connectivity index (χ0v) is 15.0. The van der Waals surface area contributed by atoms with E-state index in [9.17, 15) is 9.18 Å². The van der Waals surface area contributed by atoms with Gasteiger partial charge in [0, 0.05) is 26.3 Å². The lowest BCUT2D eigenvalue weighted by Gasteiger charge is -2.23. The molecule has 1 aromatic carbocycles. The summed E-state index contributed by atoms with van der Waals surface area (Å²) < 4.78 is 13.8. The van der Waals surface area contributed by atoms with Gasteiger partial charge in [0.1, 0.15) is 15.7 Å². The Morgan fingerprint density at radius 2 is 2.04 bits per heavy atom. The van der Waals surface area contributed by atoms with Crippen LogP contribution in [0.1, 0.15) is 16.1 Å². The van der Waals surface area contributed by atoms with Crippen LogP contribution in [0.15, 0.2) is 48.8 Å². The van der Waals surface area contributed by atoms with Gasteiger partial charge in [0.25, 0.3) is 5.91 Å². The van der Waals surface area contributed by atoms with Crippen LogP contribution in [0.3, 0.4) is 0 Å². The zero-order chi connectivity index (χ0) is 18.1. The molecule has 0 bridgehead atoms. The molecule has 1 aliphatic rings. The molecule has 3 aromatic rings. The van der Waals surface area contributed by atoms with Crippen LogP contribution in [0.5, 0.6) is 0 Å². The first-order valence-electron chi connectivity index (χ1n) is 8.33. The van der Waals surface area contributed by atoms with Gasteiger partial charge in [-0.15, -0.1) is 11.3 Å². The third-order valence-electron chi connectivity index (χ3n) is 4.36. The van der Waals surface area contributed by atoms with Crippen LogP contribution in [0, 0.1) is 5.82 Å². The first-order chi connectivity index (χ1) is 12.6. The Balaban J connectivity index is 1.69. The van der Waals surface area contributed by atoms with Crippen molar-refractivity contribution in [3.63, 3.8) is 0 Å². The number of fused-ring (bicyclic) bond motifs is 1. The fraction of sp³-hybridized carbons (Fsp3) is 0.211. The van der Waals surface area contributed by atoms with Gasteiger partial charge in [0.15, 0.2) is 0 Å². The number of nitrogens with zero attached hydrogens (tertiary/aromatic N) is 4. The van der Waals surface area contributed by atoms with Crippen molar-refractivity contribution in [2.24, 2.45) is 0 Å². The van der Waals surface area contributed by atoms with Crippen molar-refractivity contribution >= 4 is 28.6 Å². The Labute approximate surface area is 154 Å². The minimum absolute atomic E-state index is 0.160. The van der Waals surface area contributed by atoms with Crippen molar-refractivity contribution in [3.05, 3.63) is 59.5 Å². The van der Waals surface area contributed by atoms with Gasteiger partial charge in [0.05, 0.1) is 23.3 Å². The molecular weight excluding hydrogens is 351 g/mol. The van der Waals surface area contributed by atoms with E-state index in [0.717, 1.165) is 24.3 Å². The summed E-state index contributed by atoms with van der Waals surface area (Å²) in [6.45, 7) is 1.35. The van der Waals surface area contributed by atoms with E-state index in [4.69, 9.17) is 0 Å². The van der Waals surface area contributed by atoms with Crippen molar-refractivity contribution in [3.8, 4) is 10.7 Å². The largest absolute Gasteiger partial charge is 0.373 e. The van der Waals surface area contributed by atoms with Crippen molar-refractivity contribution in [1.29, 1.82) is 0 Å². The summed E-state index contributed by atoms with van der Waals surface area (Å²) in [4.78, 5) is 25.9. The molecule has 3 heterocycles. The second-order valence-electron chi connectivity index (χ2n) is 6.11. The molecular formula is C19H17FN4OS. The molecule has 132 valence electrons. The van der Waals surface area contributed by atoms with Crippen molar-refractivity contribution in [2.75, 3.05) is 29.9 Å². The molecule has 0 fully saturated rings. The number of carbonyl (C=O) groups is 1. The molecule has 0 radical (unpaired) electrons. The van der Waals surface area contributed by atoms with Gasteiger partial charge in [-0.2, -0.15) is 0 Å². The SMILES string of the molecule is CN1CCCN(C(=O)c2cnc(-c3ccccn3)s2)c2cc(F)ccc21. The van der Waals surface area contributed by atoms with Gasteiger partial charge < -0.3 is 9.80 Å². The average Bonchev–Trinajstić information content (AvgIpc) is 3.09. The molecule has 5 nitrogen and oxygen atoms in total. The number of pyridine rings is 1. The third-order valence-corrected chi connectivity index (χ3v) is 5.37. The molecule has 4 rings (SSSR count). The number of amides is 1. The van der Waals surface area contributed by atoms with Crippen LogP contribution < -0.4 is 9.80 Å². The molecule has 7 heteroatoms. The zero-order valence-electron chi connectivity index (χ0n) is 14.2. The summed E-state index contributed by atoms with van der Waals surface area (Å²) in [7, 11) is 1.95. The number of carbonyl (C=O) groups excluding carboxylic acids is 1. The van der Waals surface area contributed by atoms with Gasteiger partial charge in [-0.1, -0.05) is 6.07 Å². The first-order valence-corrected chi connectivity index (χ1v) is 9.15. The first kappa shape index (κ1) is 16.7. The van der Waals surface area contributed by atoms with Crippen LogP contribution in [-0.4, -0.2) is 36.0 Å². The van der Waals surface area contributed by atoms with Crippen LogP contribution in [0.4, 0.5) is 15.8 Å². The molecule has 2 aromatic heterocycles. The lowest BCUT2D eigenvalue weighted by Crippen LogP contribution is -2.31. The molecule has 0 saturated carbocycles. The lowest BCUT2D eigenvalue weighted by molar-refractivity contribution is 0.0991. The smallest absolute Gasteiger partial charge is 0.270 e. The quantitative estimate of drug-likeness (QED) is 0.690. The fourth-order valence-corrected chi connectivity index (χ4v) is 3.91. The third kappa shape index (κ3) is 3.06. The molecule has 1 amide bonds. The van der Waals surface area contributed by atoms with Gasteiger partial charge in [-0.3, -0.25) is 9.78 Å². The molecule has 0 aliphatic carbocycles. The number of anilines is 2. The molecule has 26 heavy (non-hydrogen) atoms. The molecule has 0 unspecified atom stereocenters. The predicted octanol–water partition coefficient (Wildman–Crippen LogP) is 3.83. The van der Waals surface area contributed by atoms with Crippen molar-refractivity contribution in [2.45, 2.75) is 6.42 Å². The van der Waals surface area contributed by atoms with E-state index in [-0.39, 0.29) is 11.7 Å². The fourth-order valence-electron chi connectivity index (χ4n) is 3.07. The number of aromatic nitrogens is 2. The Bertz CT molecular complexity index is 944. The second-order valence-corrected chi connectivity index (χ2v) is 7.14. The molecule has 1 aliphatic heterocycles. The van der Waals surface area contributed by atoms with Crippen LogP contribution in [0.2, 0.25) is 0 Å².